The normalized spacial score (nSPS) is 10.9. The second-order valence-electron chi connectivity index (χ2n) is 6.23. The number of anilines is 1. The van der Waals surface area contributed by atoms with Crippen LogP contribution in [-0.4, -0.2) is 23.9 Å². The number of amides is 2. The first-order valence-electron chi connectivity index (χ1n) is 8.54. The largest absolute Gasteiger partial charge is 0.345 e. The fourth-order valence-corrected chi connectivity index (χ4v) is 3.61. The van der Waals surface area contributed by atoms with Crippen molar-refractivity contribution in [1.82, 2.24) is 5.32 Å². The Morgan fingerprint density at radius 3 is 2.41 bits per heavy atom. The van der Waals surface area contributed by atoms with Gasteiger partial charge in [0.1, 0.15) is 5.82 Å². The topological polar surface area (TPSA) is 84.2 Å². The molecule has 0 fully saturated rings. The number of carbonyl (C=O) groups excluding carboxylic acids is 2. The van der Waals surface area contributed by atoms with Gasteiger partial charge in [-0.1, -0.05) is 19.9 Å². The minimum Gasteiger partial charge on any atom is -0.345 e. The molecule has 8 heteroatoms. The van der Waals surface area contributed by atoms with E-state index in [4.69, 9.17) is 5.73 Å². The molecular weight excluding hydrogens is 389 g/mol. The number of benzene rings is 1. The van der Waals surface area contributed by atoms with Crippen LogP contribution in [0.1, 0.15) is 52.3 Å². The van der Waals surface area contributed by atoms with Crippen LogP contribution in [0.5, 0.6) is 0 Å². The zero-order valence-corrected chi connectivity index (χ0v) is 17.2. The van der Waals surface area contributed by atoms with Gasteiger partial charge in [-0.2, -0.15) is 0 Å². The van der Waals surface area contributed by atoms with Crippen LogP contribution in [0.4, 0.5) is 9.39 Å². The van der Waals surface area contributed by atoms with Crippen LogP contribution in [0.2, 0.25) is 0 Å². The number of nitrogens with two attached hydrogens (primary N) is 1. The van der Waals surface area contributed by atoms with Gasteiger partial charge in [-0.3, -0.25) is 9.59 Å². The summed E-state index contributed by atoms with van der Waals surface area (Å²) in [6.07, 6.45) is 1.47. The average Bonchev–Trinajstić information content (AvgIpc) is 3.00. The van der Waals surface area contributed by atoms with E-state index in [0.717, 1.165) is 18.4 Å². The lowest BCUT2D eigenvalue weighted by atomic mass is 9.93. The van der Waals surface area contributed by atoms with Crippen LogP contribution in [0.25, 0.3) is 0 Å². The SMILES string of the molecule is CCC(CC)(CN)NC(=O)c1sc(NC(=O)c2cccc(F)c2)cc1C.Cl. The lowest BCUT2D eigenvalue weighted by Crippen LogP contribution is -2.52. The zero-order chi connectivity index (χ0) is 19.3. The lowest BCUT2D eigenvalue weighted by Gasteiger charge is -2.31. The van der Waals surface area contributed by atoms with Crippen molar-refractivity contribution in [3.63, 3.8) is 0 Å². The number of aryl methyl sites for hydroxylation is 1. The molecule has 1 aromatic heterocycles. The van der Waals surface area contributed by atoms with Gasteiger partial charge in [-0.25, -0.2) is 4.39 Å². The Balaban J connectivity index is 0.00000364. The molecule has 1 aromatic carbocycles. The summed E-state index contributed by atoms with van der Waals surface area (Å²) in [6, 6.07) is 7.19. The van der Waals surface area contributed by atoms with Gasteiger partial charge < -0.3 is 16.4 Å². The Hall–Kier alpha value is -1.96. The molecular formula is C19H25ClFN3O2S. The molecule has 5 nitrogen and oxygen atoms in total. The Morgan fingerprint density at radius 1 is 1.19 bits per heavy atom. The van der Waals surface area contributed by atoms with Crippen molar-refractivity contribution in [1.29, 1.82) is 0 Å². The minimum absolute atomic E-state index is 0. The predicted molar refractivity (Wildman–Crippen MR) is 110 cm³/mol. The van der Waals surface area contributed by atoms with E-state index in [1.165, 1.54) is 35.6 Å². The van der Waals surface area contributed by atoms with Gasteiger partial charge >= 0.3 is 0 Å². The molecule has 2 aromatic rings. The van der Waals surface area contributed by atoms with Gasteiger partial charge in [0, 0.05) is 12.1 Å². The van der Waals surface area contributed by atoms with Crippen molar-refractivity contribution in [2.24, 2.45) is 5.73 Å². The number of thiophene rings is 1. The van der Waals surface area contributed by atoms with Gasteiger partial charge in [0.25, 0.3) is 11.8 Å². The number of nitrogens with one attached hydrogen (secondary N) is 2. The van der Waals surface area contributed by atoms with Crippen LogP contribution in [0.15, 0.2) is 30.3 Å². The summed E-state index contributed by atoms with van der Waals surface area (Å²) in [5.74, 6) is -1.10. The summed E-state index contributed by atoms with van der Waals surface area (Å²) in [5, 5.41) is 6.28. The highest BCUT2D eigenvalue weighted by Gasteiger charge is 2.28. The maximum absolute atomic E-state index is 13.3. The summed E-state index contributed by atoms with van der Waals surface area (Å²) in [6.45, 7) is 6.15. The van der Waals surface area contributed by atoms with Crippen molar-refractivity contribution < 1.29 is 14.0 Å². The molecule has 0 saturated carbocycles. The van der Waals surface area contributed by atoms with Crippen molar-refractivity contribution in [3.8, 4) is 0 Å². The molecule has 1 heterocycles. The first-order chi connectivity index (χ1) is 12.3. The van der Waals surface area contributed by atoms with Crippen molar-refractivity contribution in [2.45, 2.75) is 39.2 Å². The monoisotopic (exact) mass is 413 g/mol. The smallest absolute Gasteiger partial charge is 0.262 e. The van der Waals surface area contributed by atoms with Crippen LogP contribution >= 0.6 is 23.7 Å². The number of carbonyl (C=O) groups is 2. The molecule has 0 radical (unpaired) electrons. The van der Waals surface area contributed by atoms with E-state index in [1.807, 2.05) is 20.8 Å². The van der Waals surface area contributed by atoms with E-state index in [2.05, 4.69) is 10.6 Å². The summed E-state index contributed by atoms with van der Waals surface area (Å²) < 4.78 is 13.3. The maximum atomic E-state index is 13.3. The van der Waals surface area contributed by atoms with E-state index in [-0.39, 0.29) is 23.9 Å². The number of rotatable bonds is 7. The summed E-state index contributed by atoms with van der Waals surface area (Å²) in [5.41, 5.74) is 6.40. The van der Waals surface area contributed by atoms with E-state index >= 15 is 0 Å². The molecule has 148 valence electrons. The van der Waals surface area contributed by atoms with E-state index in [9.17, 15) is 14.0 Å². The third-order valence-electron chi connectivity index (χ3n) is 4.57. The van der Waals surface area contributed by atoms with Gasteiger partial charge in [0.05, 0.1) is 15.4 Å². The summed E-state index contributed by atoms with van der Waals surface area (Å²) in [4.78, 5) is 25.4. The van der Waals surface area contributed by atoms with Crippen LogP contribution in [0, 0.1) is 12.7 Å². The lowest BCUT2D eigenvalue weighted by molar-refractivity contribution is 0.0898. The molecule has 0 atom stereocenters. The minimum atomic E-state index is -0.475. The molecule has 0 bridgehead atoms. The highest BCUT2D eigenvalue weighted by atomic mass is 35.5. The van der Waals surface area contributed by atoms with Crippen molar-refractivity contribution in [3.05, 3.63) is 52.2 Å². The number of halogens is 2. The summed E-state index contributed by atoms with van der Waals surface area (Å²) in [7, 11) is 0. The molecule has 0 aliphatic heterocycles. The fourth-order valence-electron chi connectivity index (χ4n) is 2.65. The number of hydrogen-bond acceptors (Lipinski definition) is 4. The molecule has 4 N–H and O–H groups in total. The third kappa shape index (κ3) is 5.51. The molecule has 27 heavy (non-hydrogen) atoms. The van der Waals surface area contributed by atoms with E-state index in [0.29, 0.717) is 16.4 Å². The Kier molecular flexibility index (Phi) is 8.40. The average molecular weight is 414 g/mol. The molecule has 0 saturated heterocycles. The van der Waals surface area contributed by atoms with Crippen LogP contribution < -0.4 is 16.4 Å². The number of hydrogen-bond donors (Lipinski definition) is 3. The Morgan fingerprint density at radius 2 is 1.85 bits per heavy atom. The van der Waals surface area contributed by atoms with Crippen LogP contribution in [-0.2, 0) is 0 Å². The molecule has 2 amide bonds. The quantitative estimate of drug-likeness (QED) is 0.638. The predicted octanol–water partition coefficient (Wildman–Crippen LogP) is 4.12. The zero-order valence-electron chi connectivity index (χ0n) is 15.6. The standard InChI is InChI=1S/C19H24FN3O2S.ClH/c1-4-19(5-2,11-21)23-18(25)16-12(3)9-15(26-16)22-17(24)13-7-6-8-14(20)10-13;/h6-10H,4-5,11,21H2,1-3H3,(H,22,24)(H,23,25);1H. The highest BCUT2D eigenvalue weighted by Crippen LogP contribution is 2.28. The molecule has 0 aliphatic rings. The second kappa shape index (κ2) is 9.82. The Labute approximate surface area is 168 Å². The molecule has 0 spiro atoms. The second-order valence-corrected chi connectivity index (χ2v) is 7.29. The maximum Gasteiger partial charge on any atom is 0.262 e. The molecule has 2 rings (SSSR count). The van der Waals surface area contributed by atoms with Gasteiger partial charge in [-0.15, -0.1) is 23.7 Å². The summed E-state index contributed by atoms with van der Waals surface area (Å²) >= 11 is 1.19. The van der Waals surface area contributed by atoms with E-state index < -0.39 is 17.3 Å². The molecule has 0 unspecified atom stereocenters. The van der Waals surface area contributed by atoms with Gasteiger partial charge in [-0.05, 0) is 49.6 Å². The first kappa shape index (κ1) is 23.1. The van der Waals surface area contributed by atoms with Crippen molar-refractivity contribution in [2.75, 3.05) is 11.9 Å². The van der Waals surface area contributed by atoms with Gasteiger partial charge in [0.2, 0.25) is 0 Å². The molecule has 0 aliphatic carbocycles. The highest BCUT2D eigenvalue weighted by molar-refractivity contribution is 7.18. The van der Waals surface area contributed by atoms with Crippen LogP contribution in [0.3, 0.4) is 0 Å². The first-order valence-corrected chi connectivity index (χ1v) is 9.35. The fraction of sp³-hybridized carbons (Fsp3) is 0.368. The third-order valence-corrected chi connectivity index (χ3v) is 5.72. The van der Waals surface area contributed by atoms with Crippen molar-refractivity contribution >= 4 is 40.6 Å². The Bertz CT molecular complexity index is 798. The van der Waals surface area contributed by atoms with Gasteiger partial charge in [0.15, 0.2) is 0 Å². The van der Waals surface area contributed by atoms with E-state index in [1.54, 1.807) is 6.07 Å².